The number of rotatable bonds is 7. The Labute approximate surface area is 264 Å². The van der Waals surface area contributed by atoms with E-state index in [2.05, 4.69) is 38.9 Å². The number of anilines is 2. The van der Waals surface area contributed by atoms with Crippen molar-refractivity contribution in [2.45, 2.75) is 51.9 Å². The number of amides is 2. The molecule has 1 saturated heterocycles. The first-order valence-electron chi connectivity index (χ1n) is 15.0. The summed E-state index contributed by atoms with van der Waals surface area (Å²) < 4.78 is 17.8. The van der Waals surface area contributed by atoms with Crippen LogP contribution in [-0.4, -0.2) is 68.4 Å². The lowest BCUT2D eigenvalue weighted by Crippen LogP contribution is -2.51. The molecule has 0 radical (unpaired) electrons. The third-order valence-corrected chi connectivity index (χ3v) is 10.1. The second-order valence-electron chi connectivity index (χ2n) is 11.6. The Hall–Kier alpha value is -3.80. The summed E-state index contributed by atoms with van der Waals surface area (Å²) in [7, 11) is 0. The number of carbonyl (C=O) groups excluding carboxylic acids is 2. The molecule has 0 aliphatic carbocycles. The number of imidazole rings is 1. The van der Waals surface area contributed by atoms with Crippen molar-refractivity contribution >= 4 is 45.6 Å². The molecule has 0 spiro atoms. The number of halogens is 2. The monoisotopic (exact) mass is 633 g/mol. The predicted octanol–water partition coefficient (Wildman–Crippen LogP) is 5.61. The van der Waals surface area contributed by atoms with Crippen LogP contribution in [0.3, 0.4) is 0 Å². The van der Waals surface area contributed by atoms with Crippen molar-refractivity contribution in [3.8, 4) is 11.1 Å². The quantitative estimate of drug-likeness (QED) is 0.285. The van der Waals surface area contributed by atoms with E-state index in [0.29, 0.717) is 27.5 Å². The van der Waals surface area contributed by atoms with E-state index in [9.17, 15) is 9.59 Å². The van der Waals surface area contributed by atoms with Crippen LogP contribution in [-0.2, 0) is 24.3 Å². The van der Waals surface area contributed by atoms with Gasteiger partial charge in [-0.2, -0.15) is 0 Å². The van der Waals surface area contributed by atoms with Crippen LogP contribution in [0.5, 0.6) is 0 Å². The van der Waals surface area contributed by atoms with E-state index in [1.807, 2.05) is 22.8 Å². The van der Waals surface area contributed by atoms with Gasteiger partial charge in [-0.25, -0.2) is 14.4 Å². The van der Waals surface area contributed by atoms with Crippen molar-refractivity contribution in [2.75, 3.05) is 36.4 Å². The largest absolute Gasteiger partial charge is 0.367 e. The van der Waals surface area contributed by atoms with E-state index in [4.69, 9.17) is 11.6 Å². The van der Waals surface area contributed by atoms with E-state index in [1.165, 1.54) is 22.3 Å². The number of fused-ring (bicyclic) bond motifs is 2. The summed E-state index contributed by atoms with van der Waals surface area (Å²) in [5, 5.41) is 5.61. The molecular formula is C32H33ClFN7O2S. The Kier molecular flexibility index (Phi) is 7.63. The first-order chi connectivity index (χ1) is 21.3. The summed E-state index contributed by atoms with van der Waals surface area (Å²) in [6.07, 6.45) is 5.01. The minimum atomic E-state index is -1.03. The van der Waals surface area contributed by atoms with Crippen molar-refractivity contribution in [2.24, 2.45) is 0 Å². The number of carbonyl (C=O) groups is 2. The van der Waals surface area contributed by atoms with Crippen LogP contribution in [0.1, 0.15) is 53.6 Å². The lowest BCUT2D eigenvalue weighted by atomic mass is 9.99. The molecule has 0 bridgehead atoms. The van der Waals surface area contributed by atoms with Crippen LogP contribution < -0.4 is 10.2 Å². The van der Waals surface area contributed by atoms with Crippen molar-refractivity contribution in [3.63, 3.8) is 0 Å². The lowest BCUT2D eigenvalue weighted by Gasteiger charge is -2.40. The number of hydrogen-bond acceptors (Lipinski definition) is 7. The SMILES string of the molecule is CCN1CCN(c2ccc(-c3cc(F)c4c(c3)C(=O)N(C(C(=O)Nc3nccs3)c3ncn5c3CCC5)C4)cc2Cl)CC1C. The molecular weight excluding hydrogens is 601 g/mol. The summed E-state index contributed by atoms with van der Waals surface area (Å²) in [6.45, 7) is 8.91. The Balaban J connectivity index is 1.19. The maximum Gasteiger partial charge on any atom is 0.255 e. The van der Waals surface area contributed by atoms with E-state index in [1.54, 1.807) is 24.0 Å². The molecule has 228 valence electrons. The first-order valence-corrected chi connectivity index (χ1v) is 16.2. The Morgan fingerprint density at radius 2 is 2.05 bits per heavy atom. The van der Waals surface area contributed by atoms with Crippen molar-refractivity contribution in [1.29, 1.82) is 0 Å². The van der Waals surface area contributed by atoms with E-state index >= 15 is 4.39 Å². The number of piperazine rings is 1. The number of likely N-dealkylation sites (N-methyl/N-ethyl adjacent to an activating group) is 1. The Bertz CT molecular complexity index is 1740. The van der Waals surface area contributed by atoms with E-state index in [-0.39, 0.29) is 17.7 Å². The molecule has 2 amide bonds. The van der Waals surface area contributed by atoms with Gasteiger partial charge in [0, 0.05) is 60.6 Å². The molecule has 12 heteroatoms. The summed E-state index contributed by atoms with van der Waals surface area (Å²) in [5.41, 5.74) is 4.19. The fraction of sp³-hybridized carbons (Fsp3) is 0.375. The van der Waals surface area contributed by atoms with Crippen LogP contribution in [0.2, 0.25) is 5.02 Å². The maximum absolute atomic E-state index is 15.7. The molecule has 3 aliphatic rings. The van der Waals surface area contributed by atoms with Gasteiger partial charge in [-0.05, 0) is 61.7 Å². The van der Waals surface area contributed by atoms with Gasteiger partial charge in [-0.3, -0.25) is 19.8 Å². The van der Waals surface area contributed by atoms with Crippen LogP contribution in [0.4, 0.5) is 15.2 Å². The van der Waals surface area contributed by atoms with E-state index < -0.39 is 23.7 Å². The predicted molar refractivity (Wildman–Crippen MR) is 170 cm³/mol. The Morgan fingerprint density at radius 3 is 2.80 bits per heavy atom. The van der Waals surface area contributed by atoms with Gasteiger partial charge >= 0.3 is 0 Å². The molecule has 2 aromatic carbocycles. The summed E-state index contributed by atoms with van der Waals surface area (Å²) in [5.74, 6) is -1.33. The number of thiazole rings is 1. The van der Waals surface area contributed by atoms with Gasteiger partial charge in [0.1, 0.15) is 5.82 Å². The fourth-order valence-corrected chi connectivity index (χ4v) is 7.62. The molecule has 9 nitrogen and oxygen atoms in total. The summed E-state index contributed by atoms with van der Waals surface area (Å²) >= 11 is 8.08. The second-order valence-corrected chi connectivity index (χ2v) is 12.9. The average molecular weight is 634 g/mol. The maximum atomic E-state index is 15.7. The van der Waals surface area contributed by atoms with Gasteiger partial charge in [0.05, 0.1) is 29.3 Å². The standard InChI is InChI=1S/C32H33ClFN7O2S/c1-3-38-10-11-39(16-19(38)2)26-7-6-20(14-24(26)33)21-13-22-23(25(34)15-21)17-41(31(22)43)29(30(42)37-32-35-8-12-44-32)28-27-5-4-9-40(27)18-36-28/h6-8,12-15,18-19,29H,3-5,9-11,16-17H2,1-2H3,(H,35,37,42). The average Bonchev–Trinajstić information content (AvgIpc) is 3.81. The minimum absolute atomic E-state index is 0.0375. The van der Waals surface area contributed by atoms with Gasteiger partial charge in [0.25, 0.3) is 11.8 Å². The molecule has 2 aromatic heterocycles. The zero-order chi connectivity index (χ0) is 30.5. The highest BCUT2D eigenvalue weighted by Gasteiger charge is 2.42. The minimum Gasteiger partial charge on any atom is -0.367 e. The van der Waals surface area contributed by atoms with Crippen LogP contribution >= 0.6 is 22.9 Å². The number of nitrogens with one attached hydrogen (secondary N) is 1. The smallest absolute Gasteiger partial charge is 0.255 e. The first kappa shape index (κ1) is 28.9. The summed E-state index contributed by atoms with van der Waals surface area (Å²) in [6, 6.07) is 8.29. The van der Waals surface area contributed by atoms with Gasteiger partial charge in [-0.1, -0.05) is 24.6 Å². The highest BCUT2D eigenvalue weighted by atomic mass is 35.5. The topological polar surface area (TPSA) is 86.6 Å². The van der Waals surface area contributed by atoms with Crippen molar-refractivity contribution in [1.82, 2.24) is 24.3 Å². The molecule has 3 aliphatic heterocycles. The summed E-state index contributed by atoms with van der Waals surface area (Å²) in [4.78, 5) is 42.6. The highest BCUT2D eigenvalue weighted by molar-refractivity contribution is 7.13. The number of aromatic nitrogens is 3. The molecule has 5 heterocycles. The molecule has 1 N–H and O–H groups in total. The normalized spacial score (nSPS) is 18.9. The van der Waals surface area contributed by atoms with Crippen LogP contribution in [0.25, 0.3) is 11.1 Å². The number of benzene rings is 2. The molecule has 44 heavy (non-hydrogen) atoms. The second kappa shape index (κ2) is 11.6. The van der Waals surface area contributed by atoms with Gasteiger partial charge < -0.3 is 14.4 Å². The molecule has 2 unspecified atom stereocenters. The van der Waals surface area contributed by atoms with Crippen LogP contribution in [0, 0.1) is 5.82 Å². The van der Waals surface area contributed by atoms with Gasteiger partial charge in [0.15, 0.2) is 11.2 Å². The highest BCUT2D eigenvalue weighted by Crippen LogP contribution is 2.39. The molecule has 4 aromatic rings. The lowest BCUT2D eigenvalue weighted by molar-refractivity contribution is -0.121. The molecule has 2 atom stereocenters. The third-order valence-electron chi connectivity index (χ3n) is 9.08. The van der Waals surface area contributed by atoms with Crippen molar-refractivity contribution < 1.29 is 14.0 Å². The van der Waals surface area contributed by atoms with Gasteiger partial charge in [0.2, 0.25) is 0 Å². The Morgan fingerprint density at radius 1 is 1.18 bits per heavy atom. The zero-order valence-electron chi connectivity index (χ0n) is 24.6. The van der Waals surface area contributed by atoms with E-state index in [0.717, 1.165) is 62.5 Å². The molecule has 0 saturated carbocycles. The number of nitrogens with zero attached hydrogens (tertiary/aromatic N) is 6. The fourth-order valence-electron chi connectivity index (χ4n) is 6.79. The van der Waals surface area contributed by atoms with Gasteiger partial charge in [-0.15, -0.1) is 11.3 Å². The molecule has 7 rings (SSSR count). The van der Waals surface area contributed by atoms with Crippen molar-refractivity contribution in [3.05, 3.63) is 81.6 Å². The number of hydrogen-bond donors (Lipinski definition) is 1. The molecule has 1 fully saturated rings. The zero-order valence-corrected chi connectivity index (χ0v) is 26.2. The van der Waals surface area contributed by atoms with Crippen LogP contribution in [0.15, 0.2) is 48.2 Å². The number of aryl methyl sites for hydroxylation is 1. The third kappa shape index (κ3) is 5.06.